The topological polar surface area (TPSA) is 73.6 Å². The highest BCUT2D eigenvalue weighted by Gasteiger charge is 2.17. The standard InChI is InChI=1S/C17H23N5O2/c1-20-17(24)12-14(13-19-20)22-10-8-21(9-11-22)7-6-18-15-4-2-3-5-16(15)23/h2-5,12-13,18,23H,6-11H2,1H3. The van der Waals surface area contributed by atoms with E-state index in [0.29, 0.717) is 0 Å². The number of nitrogens with zero attached hydrogens (tertiary/aromatic N) is 4. The zero-order chi connectivity index (χ0) is 16.9. The summed E-state index contributed by atoms with van der Waals surface area (Å²) in [6, 6.07) is 8.91. The highest BCUT2D eigenvalue weighted by Crippen LogP contribution is 2.21. The van der Waals surface area contributed by atoms with Crippen LogP contribution < -0.4 is 15.8 Å². The van der Waals surface area contributed by atoms with Crippen LogP contribution in [-0.4, -0.2) is 59.1 Å². The third kappa shape index (κ3) is 3.86. The first-order valence-electron chi connectivity index (χ1n) is 8.16. The molecular formula is C17H23N5O2. The van der Waals surface area contributed by atoms with Gasteiger partial charge in [-0.3, -0.25) is 9.69 Å². The van der Waals surface area contributed by atoms with Crippen LogP contribution in [0.3, 0.4) is 0 Å². The molecule has 1 aromatic heterocycles. The van der Waals surface area contributed by atoms with Gasteiger partial charge in [-0.05, 0) is 12.1 Å². The predicted octanol–water partition coefficient (Wildman–Crippen LogP) is 0.720. The van der Waals surface area contributed by atoms with E-state index in [0.717, 1.165) is 50.6 Å². The fourth-order valence-corrected chi connectivity index (χ4v) is 2.83. The number of phenols is 1. The largest absolute Gasteiger partial charge is 0.506 e. The average molecular weight is 329 g/mol. The number of piperazine rings is 1. The van der Waals surface area contributed by atoms with Crippen LogP contribution in [0.2, 0.25) is 0 Å². The molecule has 0 aliphatic carbocycles. The second-order valence-corrected chi connectivity index (χ2v) is 5.95. The fourth-order valence-electron chi connectivity index (χ4n) is 2.83. The lowest BCUT2D eigenvalue weighted by Crippen LogP contribution is -2.48. The highest BCUT2D eigenvalue weighted by molar-refractivity contribution is 5.55. The molecule has 0 radical (unpaired) electrons. The van der Waals surface area contributed by atoms with E-state index in [-0.39, 0.29) is 11.3 Å². The molecule has 0 atom stereocenters. The van der Waals surface area contributed by atoms with E-state index in [1.165, 1.54) is 4.68 Å². The molecule has 1 aromatic carbocycles. The fraction of sp³-hybridized carbons (Fsp3) is 0.412. The highest BCUT2D eigenvalue weighted by atomic mass is 16.3. The maximum atomic E-state index is 11.7. The van der Waals surface area contributed by atoms with E-state index < -0.39 is 0 Å². The third-order valence-electron chi connectivity index (χ3n) is 4.34. The van der Waals surface area contributed by atoms with Gasteiger partial charge in [-0.2, -0.15) is 5.10 Å². The summed E-state index contributed by atoms with van der Waals surface area (Å²) in [4.78, 5) is 16.3. The molecule has 0 saturated carbocycles. The molecule has 128 valence electrons. The molecule has 2 aromatic rings. The number of anilines is 2. The van der Waals surface area contributed by atoms with Crippen LogP contribution in [0.15, 0.2) is 41.3 Å². The number of phenolic OH excluding ortho intramolecular Hbond substituents is 1. The van der Waals surface area contributed by atoms with Crippen molar-refractivity contribution < 1.29 is 5.11 Å². The van der Waals surface area contributed by atoms with E-state index >= 15 is 0 Å². The molecule has 1 aliphatic heterocycles. The van der Waals surface area contributed by atoms with Crippen molar-refractivity contribution in [1.29, 1.82) is 0 Å². The first-order chi connectivity index (χ1) is 11.6. The van der Waals surface area contributed by atoms with Gasteiger partial charge in [0.1, 0.15) is 5.75 Å². The molecule has 0 amide bonds. The summed E-state index contributed by atoms with van der Waals surface area (Å²) in [7, 11) is 1.65. The second-order valence-electron chi connectivity index (χ2n) is 5.95. The van der Waals surface area contributed by atoms with Gasteiger partial charge in [-0.25, -0.2) is 4.68 Å². The van der Waals surface area contributed by atoms with E-state index in [9.17, 15) is 9.90 Å². The van der Waals surface area contributed by atoms with Crippen molar-refractivity contribution in [3.8, 4) is 5.75 Å². The second kappa shape index (κ2) is 7.35. The number of benzene rings is 1. The summed E-state index contributed by atoms with van der Waals surface area (Å²) >= 11 is 0. The number of para-hydroxylation sites is 2. The van der Waals surface area contributed by atoms with Gasteiger partial charge >= 0.3 is 0 Å². The minimum absolute atomic E-state index is 0.0817. The molecule has 3 rings (SSSR count). The lowest BCUT2D eigenvalue weighted by Gasteiger charge is -2.35. The van der Waals surface area contributed by atoms with Gasteiger partial charge < -0.3 is 15.3 Å². The summed E-state index contributed by atoms with van der Waals surface area (Å²) in [6.07, 6.45) is 1.75. The Morgan fingerprint density at radius 2 is 1.96 bits per heavy atom. The van der Waals surface area contributed by atoms with E-state index in [2.05, 4.69) is 20.2 Å². The molecule has 0 bridgehead atoms. The minimum Gasteiger partial charge on any atom is -0.506 e. The van der Waals surface area contributed by atoms with Crippen LogP contribution in [0.4, 0.5) is 11.4 Å². The first-order valence-corrected chi connectivity index (χ1v) is 8.16. The minimum atomic E-state index is -0.0817. The van der Waals surface area contributed by atoms with Crippen molar-refractivity contribution >= 4 is 11.4 Å². The van der Waals surface area contributed by atoms with Crippen molar-refractivity contribution in [3.05, 3.63) is 46.9 Å². The SMILES string of the molecule is Cn1ncc(N2CCN(CCNc3ccccc3O)CC2)cc1=O. The van der Waals surface area contributed by atoms with Crippen LogP contribution >= 0.6 is 0 Å². The Labute approximate surface area is 141 Å². The maximum Gasteiger partial charge on any atom is 0.268 e. The lowest BCUT2D eigenvalue weighted by atomic mass is 10.2. The summed E-state index contributed by atoms with van der Waals surface area (Å²) in [5, 5.41) is 17.1. The Morgan fingerprint density at radius 3 is 2.67 bits per heavy atom. The van der Waals surface area contributed by atoms with E-state index in [4.69, 9.17) is 0 Å². The van der Waals surface area contributed by atoms with Crippen LogP contribution in [-0.2, 0) is 7.05 Å². The smallest absolute Gasteiger partial charge is 0.268 e. The monoisotopic (exact) mass is 329 g/mol. The summed E-state index contributed by atoms with van der Waals surface area (Å²) < 4.78 is 1.34. The van der Waals surface area contributed by atoms with E-state index in [1.54, 1.807) is 25.4 Å². The molecule has 7 nitrogen and oxygen atoms in total. The molecule has 7 heteroatoms. The van der Waals surface area contributed by atoms with Gasteiger partial charge in [0.15, 0.2) is 0 Å². The predicted molar refractivity (Wildman–Crippen MR) is 94.7 cm³/mol. The van der Waals surface area contributed by atoms with Gasteiger partial charge in [0.05, 0.1) is 17.6 Å². The van der Waals surface area contributed by atoms with Gasteiger partial charge in [0.25, 0.3) is 5.56 Å². The number of aromatic nitrogens is 2. The molecule has 1 saturated heterocycles. The van der Waals surface area contributed by atoms with Crippen molar-refractivity contribution in [3.63, 3.8) is 0 Å². The molecule has 24 heavy (non-hydrogen) atoms. The summed E-state index contributed by atoms with van der Waals surface area (Å²) in [5.74, 6) is 0.278. The Kier molecular flexibility index (Phi) is 5.00. The van der Waals surface area contributed by atoms with Gasteiger partial charge in [0, 0.05) is 52.4 Å². The number of nitrogens with one attached hydrogen (secondary N) is 1. The molecule has 0 spiro atoms. The van der Waals surface area contributed by atoms with E-state index in [1.807, 2.05) is 18.2 Å². The summed E-state index contributed by atoms with van der Waals surface area (Å²) in [6.45, 7) is 5.34. The maximum absolute atomic E-state index is 11.7. The molecule has 1 aliphatic rings. The Morgan fingerprint density at radius 1 is 1.21 bits per heavy atom. The first kappa shape index (κ1) is 16.3. The van der Waals surface area contributed by atoms with Gasteiger partial charge in [-0.15, -0.1) is 0 Å². The zero-order valence-electron chi connectivity index (χ0n) is 13.9. The summed E-state index contributed by atoms with van der Waals surface area (Å²) in [5.41, 5.74) is 1.58. The molecule has 1 fully saturated rings. The molecular weight excluding hydrogens is 306 g/mol. The van der Waals surface area contributed by atoms with Crippen molar-refractivity contribution in [2.45, 2.75) is 0 Å². The molecule has 2 N–H and O–H groups in total. The number of aromatic hydroxyl groups is 1. The normalized spacial score (nSPS) is 15.5. The van der Waals surface area contributed by atoms with Crippen LogP contribution in [0.5, 0.6) is 5.75 Å². The van der Waals surface area contributed by atoms with Crippen LogP contribution in [0.25, 0.3) is 0 Å². The Hall–Kier alpha value is -2.54. The van der Waals surface area contributed by atoms with Crippen molar-refractivity contribution in [2.24, 2.45) is 7.05 Å². The molecule has 2 heterocycles. The van der Waals surface area contributed by atoms with Crippen molar-refractivity contribution in [1.82, 2.24) is 14.7 Å². The van der Waals surface area contributed by atoms with Gasteiger partial charge in [-0.1, -0.05) is 12.1 Å². The quantitative estimate of drug-likeness (QED) is 0.788. The number of hydrogen-bond donors (Lipinski definition) is 2. The third-order valence-corrected chi connectivity index (χ3v) is 4.34. The zero-order valence-corrected chi connectivity index (χ0v) is 13.9. The Bertz CT molecular complexity index is 738. The van der Waals surface area contributed by atoms with Crippen LogP contribution in [0, 0.1) is 0 Å². The Balaban J connectivity index is 1.46. The van der Waals surface area contributed by atoms with Gasteiger partial charge in [0.2, 0.25) is 0 Å². The number of hydrogen-bond acceptors (Lipinski definition) is 6. The number of rotatable bonds is 5. The number of aryl methyl sites for hydroxylation is 1. The lowest BCUT2D eigenvalue weighted by molar-refractivity contribution is 0.267. The van der Waals surface area contributed by atoms with Crippen LogP contribution in [0.1, 0.15) is 0 Å². The molecule has 0 unspecified atom stereocenters. The van der Waals surface area contributed by atoms with Crippen molar-refractivity contribution in [2.75, 3.05) is 49.5 Å². The average Bonchev–Trinajstić information content (AvgIpc) is 2.60.